The summed E-state index contributed by atoms with van der Waals surface area (Å²) in [4.78, 5) is 18.3. The third-order valence-electron chi connectivity index (χ3n) is 5.12. The molecule has 8 nitrogen and oxygen atoms in total. The molecule has 0 radical (unpaired) electrons. The van der Waals surface area contributed by atoms with E-state index in [0.717, 1.165) is 29.8 Å². The summed E-state index contributed by atoms with van der Waals surface area (Å²) < 4.78 is 1.75. The number of carbonyl (C=O) groups is 1. The van der Waals surface area contributed by atoms with Gasteiger partial charge >= 0.3 is 6.03 Å². The number of hydrogen-bond donors (Lipinski definition) is 2. The number of nitrogens with zero attached hydrogens (tertiary/aromatic N) is 5. The Kier molecular flexibility index (Phi) is 5.36. The zero-order chi connectivity index (χ0) is 19.3. The van der Waals surface area contributed by atoms with Crippen LogP contribution in [0.5, 0.6) is 0 Å². The number of nitrogens with one attached hydrogen (secondary N) is 2. The predicted octanol–water partition coefficient (Wildman–Crippen LogP) is 2.98. The Morgan fingerprint density at radius 1 is 1.29 bits per heavy atom. The second-order valence-electron chi connectivity index (χ2n) is 7.27. The first-order valence-electron chi connectivity index (χ1n) is 9.67. The number of H-pyrrole nitrogens is 1. The summed E-state index contributed by atoms with van der Waals surface area (Å²) in [5.74, 6) is 0. The molecule has 0 atom stereocenters. The molecule has 1 aromatic carbocycles. The van der Waals surface area contributed by atoms with Gasteiger partial charge in [0.2, 0.25) is 0 Å². The van der Waals surface area contributed by atoms with E-state index in [2.05, 4.69) is 25.6 Å². The topological polar surface area (TPSA) is 91.7 Å². The van der Waals surface area contributed by atoms with Crippen LogP contribution >= 0.6 is 0 Å². The highest BCUT2D eigenvalue weighted by molar-refractivity contribution is 5.89. The van der Waals surface area contributed by atoms with Gasteiger partial charge in [0, 0.05) is 18.4 Å². The van der Waals surface area contributed by atoms with Gasteiger partial charge in [-0.1, -0.05) is 18.6 Å². The van der Waals surface area contributed by atoms with Crippen LogP contribution in [0, 0.1) is 0 Å². The molecule has 0 fully saturated rings. The summed E-state index contributed by atoms with van der Waals surface area (Å²) >= 11 is 0. The van der Waals surface area contributed by atoms with Gasteiger partial charge in [-0.15, -0.1) is 0 Å². The lowest BCUT2D eigenvalue weighted by molar-refractivity contribution is 0.220. The number of benzene rings is 1. The van der Waals surface area contributed by atoms with Crippen molar-refractivity contribution in [3.05, 3.63) is 59.4 Å². The third kappa shape index (κ3) is 4.21. The third-order valence-corrected chi connectivity index (χ3v) is 5.12. The summed E-state index contributed by atoms with van der Waals surface area (Å²) in [5.41, 5.74) is 5.32. The van der Waals surface area contributed by atoms with Crippen molar-refractivity contribution < 1.29 is 4.79 Å². The first-order chi connectivity index (χ1) is 13.7. The molecular weight excluding hydrogens is 354 g/mol. The minimum absolute atomic E-state index is 0.150. The molecule has 2 aromatic heterocycles. The molecule has 0 bridgehead atoms. The van der Waals surface area contributed by atoms with Gasteiger partial charge in [-0.2, -0.15) is 10.2 Å². The number of aromatic nitrogens is 5. The average Bonchev–Trinajstić information content (AvgIpc) is 3.26. The van der Waals surface area contributed by atoms with Crippen LogP contribution in [0.1, 0.15) is 41.8 Å². The Morgan fingerprint density at radius 2 is 2.18 bits per heavy atom. The maximum Gasteiger partial charge on any atom is 0.321 e. The van der Waals surface area contributed by atoms with Crippen LogP contribution in [0.15, 0.2) is 36.9 Å². The minimum atomic E-state index is -0.150. The van der Waals surface area contributed by atoms with Gasteiger partial charge in [0.1, 0.15) is 12.7 Å². The quantitative estimate of drug-likeness (QED) is 0.667. The van der Waals surface area contributed by atoms with Gasteiger partial charge in [-0.05, 0) is 48.9 Å². The van der Waals surface area contributed by atoms with E-state index in [1.807, 2.05) is 24.3 Å². The molecule has 2 amide bonds. The van der Waals surface area contributed by atoms with Crippen LogP contribution in [0.4, 0.5) is 10.5 Å². The van der Waals surface area contributed by atoms with Crippen molar-refractivity contribution in [2.24, 2.45) is 0 Å². The Morgan fingerprint density at radius 3 is 3.04 bits per heavy atom. The van der Waals surface area contributed by atoms with Gasteiger partial charge in [0.05, 0.1) is 18.8 Å². The van der Waals surface area contributed by atoms with Crippen LogP contribution in [0.3, 0.4) is 0 Å². The van der Waals surface area contributed by atoms with Gasteiger partial charge < -0.3 is 10.2 Å². The first-order valence-corrected chi connectivity index (χ1v) is 9.67. The van der Waals surface area contributed by atoms with E-state index < -0.39 is 0 Å². The molecule has 0 saturated heterocycles. The molecule has 1 aliphatic carbocycles. The number of urea groups is 1. The molecule has 28 heavy (non-hydrogen) atoms. The summed E-state index contributed by atoms with van der Waals surface area (Å²) in [5, 5.41) is 14.7. The van der Waals surface area contributed by atoms with E-state index >= 15 is 0 Å². The summed E-state index contributed by atoms with van der Waals surface area (Å²) in [6.07, 6.45) is 8.92. The van der Waals surface area contributed by atoms with Crippen LogP contribution in [0.2, 0.25) is 0 Å². The molecular formula is C20H25N7O. The number of hydrogen-bond acceptors (Lipinski definition) is 4. The van der Waals surface area contributed by atoms with Crippen molar-refractivity contribution in [2.75, 3.05) is 12.4 Å². The Labute approximate surface area is 164 Å². The molecule has 0 unspecified atom stereocenters. The fourth-order valence-electron chi connectivity index (χ4n) is 3.62. The molecule has 146 valence electrons. The number of amides is 2. The van der Waals surface area contributed by atoms with Crippen molar-refractivity contribution >= 4 is 11.7 Å². The van der Waals surface area contributed by atoms with E-state index in [-0.39, 0.29) is 6.03 Å². The highest BCUT2D eigenvalue weighted by atomic mass is 16.2. The van der Waals surface area contributed by atoms with Crippen molar-refractivity contribution in [3.8, 4) is 0 Å². The smallest absolute Gasteiger partial charge is 0.321 e. The number of rotatable bonds is 5. The SMILES string of the molecule is CN(Cc1n[nH]c2c1CCCCC2)C(=O)Nc1cccc(Cn2cncn2)c1. The number of aryl methyl sites for hydroxylation is 1. The average molecular weight is 379 g/mol. The summed E-state index contributed by atoms with van der Waals surface area (Å²) in [7, 11) is 1.80. The summed E-state index contributed by atoms with van der Waals surface area (Å²) in [6.45, 7) is 1.11. The zero-order valence-electron chi connectivity index (χ0n) is 16.1. The fourth-order valence-corrected chi connectivity index (χ4v) is 3.62. The summed E-state index contributed by atoms with van der Waals surface area (Å²) in [6, 6.07) is 7.61. The van der Waals surface area contributed by atoms with E-state index in [1.54, 1.807) is 23.0 Å². The molecule has 4 rings (SSSR count). The van der Waals surface area contributed by atoms with Crippen molar-refractivity contribution in [3.63, 3.8) is 0 Å². The lowest BCUT2D eigenvalue weighted by Crippen LogP contribution is -2.31. The van der Waals surface area contributed by atoms with Crippen LogP contribution in [-0.2, 0) is 25.9 Å². The second kappa shape index (κ2) is 8.24. The molecule has 2 N–H and O–H groups in total. The Bertz CT molecular complexity index is 932. The lowest BCUT2D eigenvalue weighted by Gasteiger charge is -2.18. The number of carbonyl (C=O) groups excluding carboxylic acids is 1. The maximum atomic E-state index is 12.7. The van der Waals surface area contributed by atoms with Gasteiger partial charge in [0.15, 0.2) is 0 Å². The van der Waals surface area contributed by atoms with E-state index in [4.69, 9.17) is 0 Å². The normalized spacial score (nSPS) is 13.6. The largest absolute Gasteiger partial charge is 0.322 e. The van der Waals surface area contributed by atoms with E-state index in [0.29, 0.717) is 13.1 Å². The van der Waals surface area contributed by atoms with Crippen LogP contribution < -0.4 is 5.32 Å². The zero-order valence-corrected chi connectivity index (χ0v) is 16.1. The lowest BCUT2D eigenvalue weighted by atomic mass is 10.1. The van der Waals surface area contributed by atoms with Crippen molar-refractivity contribution in [1.82, 2.24) is 29.9 Å². The molecule has 8 heteroatoms. The highest BCUT2D eigenvalue weighted by Gasteiger charge is 2.18. The molecule has 0 saturated carbocycles. The number of anilines is 1. The molecule has 2 heterocycles. The van der Waals surface area contributed by atoms with E-state index in [1.165, 1.54) is 36.8 Å². The molecule has 0 aliphatic heterocycles. The van der Waals surface area contributed by atoms with Crippen LogP contribution in [-0.4, -0.2) is 42.9 Å². The number of fused-ring (bicyclic) bond motifs is 1. The van der Waals surface area contributed by atoms with Gasteiger partial charge in [-0.3, -0.25) is 5.10 Å². The molecule has 3 aromatic rings. The first kappa shape index (κ1) is 18.2. The van der Waals surface area contributed by atoms with Crippen molar-refractivity contribution in [2.45, 2.75) is 45.2 Å². The number of aromatic amines is 1. The predicted molar refractivity (Wildman–Crippen MR) is 106 cm³/mol. The van der Waals surface area contributed by atoms with Crippen LogP contribution in [0.25, 0.3) is 0 Å². The minimum Gasteiger partial charge on any atom is -0.322 e. The monoisotopic (exact) mass is 379 g/mol. The molecule has 0 spiro atoms. The Balaban J connectivity index is 1.39. The highest BCUT2D eigenvalue weighted by Crippen LogP contribution is 2.22. The van der Waals surface area contributed by atoms with Gasteiger partial charge in [0.25, 0.3) is 0 Å². The van der Waals surface area contributed by atoms with Gasteiger partial charge in [-0.25, -0.2) is 14.5 Å². The van der Waals surface area contributed by atoms with Crippen molar-refractivity contribution in [1.29, 1.82) is 0 Å². The molecule has 1 aliphatic rings. The maximum absolute atomic E-state index is 12.7. The Hall–Kier alpha value is -3.16. The second-order valence-corrected chi connectivity index (χ2v) is 7.27. The standard InChI is InChI=1S/C20H25N7O/c1-26(12-19-17-8-3-2-4-9-18(17)24-25-19)20(28)23-16-7-5-6-15(10-16)11-27-14-21-13-22-27/h5-7,10,13-14H,2-4,8-9,11-12H2,1H3,(H,23,28)(H,24,25). The van der Waals surface area contributed by atoms with E-state index in [9.17, 15) is 4.79 Å². The fraction of sp³-hybridized carbons (Fsp3) is 0.400.